The molecule has 0 aliphatic heterocycles. The summed E-state index contributed by atoms with van der Waals surface area (Å²) in [5.74, 6) is -5.40. The van der Waals surface area contributed by atoms with Crippen molar-refractivity contribution in [3.63, 3.8) is 0 Å². The maximum atomic E-state index is 13.3. The first kappa shape index (κ1) is 38.9. The SMILES string of the molecule is CC1CCC(COC(=O)c2c(Cl)c(Cl)cc(Cl)c2OC(=O)C(=O)Oc2c(Cl)cc(Cl)c(Cl)c2C(=O)OCC2CCC(C)C2(C)C)C1(C)C. The predicted molar refractivity (Wildman–Crippen MR) is 186 cm³/mol. The first-order valence-corrected chi connectivity index (χ1v) is 17.7. The van der Waals surface area contributed by atoms with Crippen molar-refractivity contribution in [3.05, 3.63) is 53.4 Å². The summed E-state index contributed by atoms with van der Waals surface area (Å²) in [4.78, 5) is 52.8. The molecule has 48 heavy (non-hydrogen) atoms. The fourth-order valence-electron chi connectivity index (χ4n) is 6.28. The summed E-state index contributed by atoms with van der Waals surface area (Å²) in [5, 5.41) is -1.47. The zero-order valence-electron chi connectivity index (χ0n) is 27.2. The lowest BCUT2D eigenvalue weighted by Gasteiger charge is -2.31. The molecule has 14 heteroatoms. The van der Waals surface area contributed by atoms with Crippen LogP contribution >= 0.6 is 69.6 Å². The van der Waals surface area contributed by atoms with Crippen LogP contribution in [0.1, 0.15) is 87.9 Å². The molecule has 2 aromatic carbocycles. The smallest absolute Gasteiger partial charge is 0.423 e. The van der Waals surface area contributed by atoms with Crippen LogP contribution in [-0.2, 0) is 19.1 Å². The van der Waals surface area contributed by atoms with E-state index in [1.54, 1.807) is 0 Å². The maximum absolute atomic E-state index is 13.3. The van der Waals surface area contributed by atoms with Crippen molar-refractivity contribution in [2.24, 2.45) is 34.5 Å². The van der Waals surface area contributed by atoms with Crippen LogP contribution in [0.25, 0.3) is 0 Å². The first-order chi connectivity index (χ1) is 22.3. The van der Waals surface area contributed by atoms with Crippen LogP contribution in [-0.4, -0.2) is 37.1 Å². The Kier molecular flexibility index (Phi) is 12.2. The van der Waals surface area contributed by atoms with Crippen molar-refractivity contribution in [1.29, 1.82) is 0 Å². The number of hydrogen-bond donors (Lipinski definition) is 0. The molecule has 0 heterocycles. The molecule has 2 aliphatic carbocycles. The van der Waals surface area contributed by atoms with Gasteiger partial charge in [0.1, 0.15) is 11.1 Å². The summed E-state index contributed by atoms with van der Waals surface area (Å²) in [6.07, 6.45) is 3.65. The topological polar surface area (TPSA) is 105 Å². The van der Waals surface area contributed by atoms with Gasteiger partial charge in [-0.1, -0.05) is 111 Å². The zero-order valence-corrected chi connectivity index (χ0v) is 31.8. The minimum atomic E-state index is -1.64. The van der Waals surface area contributed by atoms with Gasteiger partial charge in [0.15, 0.2) is 11.5 Å². The molecule has 262 valence electrons. The Morgan fingerprint density at radius 2 is 0.938 bits per heavy atom. The molecule has 0 spiro atoms. The van der Waals surface area contributed by atoms with Crippen LogP contribution in [0, 0.1) is 34.5 Å². The molecule has 4 rings (SSSR count). The lowest BCUT2D eigenvalue weighted by Crippen LogP contribution is -2.29. The molecule has 2 aliphatic rings. The maximum Gasteiger partial charge on any atom is 0.423 e. The summed E-state index contributed by atoms with van der Waals surface area (Å²) >= 11 is 37.7. The van der Waals surface area contributed by atoms with Crippen molar-refractivity contribution in [2.45, 2.75) is 67.2 Å². The molecule has 2 saturated carbocycles. The number of esters is 4. The van der Waals surface area contributed by atoms with E-state index >= 15 is 0 Å². The standard InChI is InChI=1S/C34H36Cl6O8/c1-15-7-9-17(33(15,3)4)13-45-29(41)23-25(39)19(35)11-21(37)27(23)47-31(43)32(44)48-28-22(38)12-20(36)26(40)24(28)30(42)46-14-18-10-8-16(2)34(18,5)6/h11-12,15-18H,7-10,13-14H2,1-6H3. The van der Waals surface area contributed by atoms with Crippen LogP contribution in [0.2, 0.25) is 30.1 Å². The van der Waals surface area contributed by atoms with Gasteiger partial charge in [-0.05, 0) is 72.3 Å². The largest absolute Gasteiger partial charge is 0.462 e. The van der Waals surface area contributed by atoms with E-state index in [0.29, 0.717) is 11.8 Å². The van der Waals surface area contributed by atoms with Crippen molar-refractivity contribution in [3.8, 4) is 11.5 Å². The number of halogens is 6. The predicted octanol–water partition coefficient (Wildman–Crippen LogP) is 10.6. The second-order valence-corrected chi connectivity index (χ2v) is 16.1. The lowest BCUT2D eigenvalue weighted by atomic mass is 9.77. The fraction of sp³-hybridized carbons (Fsp3) is 0.529. The quantitative estimate of drug-likeness (QED) is 0.113. The average molecular weight is 785 g/mol. The van der Waals surface area contributed by atoms with Crippen LogP contribution in [0.15, 0.2) is 12.1 Å². The molecular weight excluding hydrogens is 749 g/mol. The Bertz CT molecular complexity index is 1520. The van der Waals surface area contributed by atoms with Crippen LogP contribution < -0.4 is 9.47 Å². The van der Waals surface area contributed by atoms with Gasteiger partial charge in [0.05, 0.1) is 43.3 Å². The molecule has 0 radical (unpaired) electrons. The molecule has 8 nitrogen and oxygen atoms in total. The zero-order chi connectivity index (χ0) is 35.9. The number of hydrogen-bond acceptors (Lipinski definition) is 8. The first-order valence-electron chi connectivity index (χ1n) is 15.4. The molecule has 0 amide bonds. The summed E-state index contributed by atoms with van der Waals surface area (Å²) in [6, 6.07) is 2.27. The van der Waals surface area contributed by atoms with E-state index in [0.717, 1.165) is 37.8 Å². The van der Waals surface area contributed by atoms with E-state index in [4.69, 9.17) is 88.6 Å². The average Bonchev–Trinajstić information content (AvgIpc) is 3.42. The van der Waals surface area contributed by atoms with Crippen LogP contribution in [0.4, 0.5) is 0 Å². The molecular formula is C34H36Cl6O8. The van der Waals surface area contributed by atoms with Gasteiger partial charge in [-0.25, -0.2) is 19.2 Å². The van der Waals surface area contributed by atoms with E-state index < -0.39 is 46.5 Å². The second-order valence-electron chi connectivity index (χ2n) is 13.7. The highest BCUT2D eigenvalue weighted by molar-refractivity contribution is 6.47. The van der Waals surface area contributed by atoms with Crippen molar-refractivity contribution in [2.75, 3.05) is 13.2 Å². The fourth-order valence-corrected chi connectivity index (χ4v) is 7.72. The summed E-state index contributed by atoms with van der Waals surface area (Å²) in [6.45, 7) is 12.8. The van der Waals surface area contributed by atoms with E-state index in [9.17, 15) is 19.2 Å². The Balaban J connectivity index is 1.55. The van der Waals surface area contributed by atoms with E-state index in [1.165, 1.54) is 0 Å². The Hall–Kier alpha value is -1.94. The molecule has 4 unspecified atom stereocenters. The highest BCUT2D eigenvalue weighted by Crippen LogP contribution is 2.49. The van der Waals surface area contributed by atoms with Crippen LogP contribution in [0.5, 0.6) is 11.5 Å². The van der Waals surface area contributed by atoms with E-state index in [2.05, 4.69) is 41.5 Å². The van der Waals surface area contributed by atoms with Gasteiger partial charge in [0, 0.05) is 0 Å². The normalized spacial score (nSPS) is 22.7. The molecule has 0 bridgehead atoms. The van der Waals surface area contributed by atoms with Gasteiger partial charge < -0.3 is 18.9 Å². The molecule has 0 N–H and O–H groups in total. The summed E-state index contributed by atoms with van der Waals surface area (Å²) in [5.41, 5.74) is -1.09. The highest BCUT2D eigenvalue weighted by atomic mass is 35.5. The van der Waals surface area contributed by atoms with Gasteiger partial charge in [0.25, 0.3) is 0 Å². The number of ether oxygens (including phenoxy) is 4. The Morgan fingerprint density at radius 3 is 1.23 bits per heavy atom. The van der Waals surface area contributed by atoms with E-state index in [1.807, 2.05) is 0 Å². The molecule has 4 atom stereocenters. The van der Waals surface area contributed by atoms with Crippen LogP contribution in [0.3, 0.4) is 0 Å². The number of carbonyl (C=O) groups is 4. The van der Waals surface area contributed by atoms with Crippen molar-refractivity contribution in [1.82, 2.24) is 0 Å². The summed E-state index contributed by atoms with van der Waals surface area (Å²) < 4.78 is 21.6. The number of benzene rings is 2. The molecule has 2 aromatic rings. The van der Waals surface area contributed by atoms with Crippen molar-refractivity contribution < 1.29 is 38.1 Å². The monoisotopic (exact) mass is 782 g/mol. The number of carbonyl (C=O) groups excluding carboxylic acids is 4. The second kappa shape index (κ2) is 15.1. The molecule has 0 saturated heterocycles. The van der Waals surface area contributed by atoms with Gasteiger partial charge in [-0.2, -0.15) is 0 Å². The minimum Gasteiger partial charge on any atom is -0.462 e. The molecule has 2 fully saturated rings. The third-order valence-electron chi connectivity index (χ3n) is 10.6. The molecule has 0 aromatic heterocycles. The van der Waals surface area contributed by atoms with Crippen molar-refractivity contribution >= 4 is 93.5 Å². The Labute approximate surface area is 309 Å². The lowest BCUT2D eigenvalue weighted by molar-refractivity contribution is -0.156. The minimum absolute atomic E-state index is 0.0657. The Morgan fingerprint density at radius 1 is 0.604 bits per heavy atom. The van der Waals surface area contributed by atoms with E-state index in [-0.39, 0.29) is 66.0 Å². The third-order valence-corrected chi connectivity index (χ3v) is 12.7. The third kappa shape index (κ3) is 7.84. The van der Waals surface area contributed by atoms with Gasteiger partial charge >= 0.3 is 23.9 Å². The summed E-state index contributed by atoms with van der Waals surface area (Å²) in [7, 11) is 0. The number of rotatable bonds is 8. The highest BCUT2D eigenvalue weighted by Gasteiger charge is 2.42. The van der Waals surface area contributed by atoms with Gasteiger partial charge in [-0.3, -0.25) is 0 Å². The van der Waals surface area contributed by atoms with Gasteiger partial charge in [0.2, 0.25) is 0 Å². The van der Waals surface area contributed by atoms with Gasteiger partial charge in [-0.15, -0.1) is 0 Å².